The minimum atomic E-state index is 0.208. The monoisotopic (exact) mass is 224 g/mol. The molecule has 2 aliphatic rings. The van der Waals surface area contributed by atoms with Gasteiger partial charge in [-0.1, -0.05) is 19.3 Å². The standard InChI is InChI=1S/C12H24N4/c1-14(2)12-13-9-16(10-15(12)3)11-7-5-4-6-8-11/h9,11-12H,4-8,10H2,1-3H3. The lowest BCUT2D eigenvalue weighted by Gasteiger charge is -2.42. The molecule has 1 atom stereocenters. The molecule has 0 radical (unpaired) electrons. The molecule has 92 valence electrons. The molecule has 2 rings (SSSR count). The lowest BCUT2D eigenvalue weighted by molar-refractivity contribution is 0.0438. The summed E-state index contributed by atoms with van der Waals surface area (Å²) in [6, 6.07) is 0.725. The third-order valence-corrected chi connectivity index (χ3v) is 3.63. The smallest absolute Gasteiger partial charge is 0.160 e. The van der Waals surface area contributed by atoms with Crippen molar-refractivity contribution in [3.8, 4) is 0 Å². The largest absolute Gasteiger partial charge is 0.347 e. The van der Waals surface area contributed by atoms with E-state index in [0.29, 0.717) is 0 Å². The first-order valence-corrected chi connectivity index (χ1v) is 6.34. The highest BCUT2D eigenvalue weighted by Gasteiger charge is 2.26. The molecule has 4 nitrogen and oxygen atoms in total. The molecule has 0 aromatic rings. The van der Waals surface area contributed by atoms with Crippen LogP contribution in [-0.2, 0) is 0 Å². The summed E-state index contributed by atoms with van der Waals surface area (Å²) in [7, 11) is 6.31. The highest BCUT2D eigenvalue weighted by atomic mass is 15.5. The van der Waals surface area contributed by atoms with Crippen LogP contribution in [0.3, 0.4) is 0 Å². The van der Waals surface area contributed by atoms with Crippen molar-refractivity contribution < 1.29 is 0 Å². The summed E-state index contributed by atoms with van der Waals surface area (Å²) in [5.41, 5.74) is 0. The van der Waals surface area contributed by atoms with Crippen LogP contribution in [0.1, 0.15) is 32.1 Å². The van der Waals surface area contributed by atoms with E-state index in [0.717, 1.165) is 12.7 Å². The average molecular weight is 224 g/mol. The molecule has 1 fully saturated rings. The third kappa shape index (κ3) is 2.55. The van der Waals surface area contributed by atoms with Crippen molar-refractivity contribution in [3.63, 3.8) is 0 Å². The number of nitrogens with zero attached hydrogens (tertiary/aromatic N) is 4. The van der Waals surface area contributed by atoms with Gasteiger partial charge in [0.25, 0.3) is 0 Å². The molecule has 1 aliphatic heterocycles. The number of hydrogen-bond donors (Lipinski definition) is 0. The molecular weight excluding hydrogens is 200 g/mol. The molecule has 0 N–H and O–H groups in total. The maximum absolute atomic E-state index is 4.62. The van der Waals surface area contributed by atoms with Crippen LogP contribution >= 0.6 is 0 Å². The Kier molecular flexibility index (Phi) is 3.82. The van der Waals surface area contributed by atoms with Crippen LogP contribution in [0.4, 0.5) is 0 Å². The fourth-order valence-corrected chi connectivity index (χ4v) is 2.78. The van der Waals surface area contributed by atoms with Crippen LogP contribution in [0.15, 0.2) is 4.99 Å². The molecule has 1 saturated carbocycles. The molecule has 0 bridgehead atoms. The highest BCUT2D eigenvalue weighted by molar-refractivity contribution is 5.56. The zero-order chi connectivity index (χ0) is 11.5. The van der Waals surface area contributed by atoms with Crippen LogP contribution in [-0.4, -0.2) is 61.2 Å². The summed E-state index contributed by atoms with van der Waals surface area (Å²) < 4.78 is 0. The van der Waals surface area contributed by atoms with Gasteiger partial charge >= 0.3 is 0 Å². The summed E-state index contributed by atoms with van der Waals surface area (Å²) in [5.74, 6) is 0. The van der Waals surface area contributed by atoms with Crippen LogP contribution < -0.4 is 0 Å². The Labute approximate surface area is 98.9 Å². The predicted octanol–water partition coefficient (Wildman–Crippen LogP) is 1.40. The molecule has 0 saturated heterocycles. The number of hydrogen-bond acceptors (Lipinski definition) is 4. The molecule has 0 spiro atoms. The van der Waals surface area contributed by atoms with E-state index in [1.54, 1.807) is 0 Å². The predicted molar refractivity (Wildman–Crippen MR) is 67.3 cm³/mol. The lowest BCUT2D eigenvalue weighted by atomic mass is 9.94. The molecule has 16 heavy (non-hydrogen) atoms. The Hall–Kier alpha value is -0.610. The first-order chi connectivity index (χ1) is 7.68. The van der Waals surface area contributed by atoms with Crippen LogP contribution in [0.25, 0.3) is 0 Å². The van der Waals surface area contributed by atoms with E-state index in [9.17, 15) is 0 Å². The third-order valence-electron chi connectivity index (χ3n) is 3.63. The second kappa shape index (κ2) is 5.15. The minimum absolute atomic E-state index is 0.208. The fraction of sp³-hybridized carbons (Fsp3) is 0.917. The van der Waals surface area contributed by atoms with Gasteiger partial charge in [0.05, 0.1) is 13.0 Å². The maximum Gasteiger partial charge on any atom is 0.160 e. The quantitative estimate of drug-likeness (QED) is 0.708. The molecule has 0 amide bonds. The molecule has 0 aromatic heterocycles. The van der Waals surface area contributed by atoms with Gasteiger partial charge in [-0.2, -0.15) is 0 Å². The molecule has 1 heterocycles. The number of aliphatic imine (C=N–C) groups is 1. The van der Waals surface area contributed by atoms with Crippen molar-refractivity contribution in [2.45, 2.75) is 44.4 Å². The Bertz CT molecular complexity index is 245. The van der Waals surface area contributed by atoms with Crippen LogP contribution in [0, 0.1) is 0 Å². The first-order valence-electron chi connectivity index (χ1n) is 6.34. The van der Waals surface area contributed by atoms with Crippen molar-refractivity contribution in [3.05, 3.63) is 0 Å². The van der Waals surface area contributed by atoms with Crippen LogP contribution in [0.5, 0.6) is 0 Å². The van der Waals surface area contributed by atoms with Crippen molar-refractivity contribution in [2.75, 3.05) is 27.8 Å². The summed E-state index contributed by atoms with van der Waals surface area (Å²) in [5, 5.41) is 0. The SMILES string of the molecule is CN(C)C1N=CN(C2CCCCC2)CN1C. The summed E-state index contributed by atoms with van der Waals surface area (Å²) in [4.78, 5) is 11.5. The molecule has 1 aliphatic carbocycles. The normalized spacial score (nSPS) is 29.0. The summed E-state index contributed by atoms with van der Waals surface area (Å²) in [6.45, 7) is 1.01. The Morgan fingerprint density at radius 3 is 2.44 bits per heavy atom. The second-order valence-electron chi connectivity index (χ2n) is 5.28. The number of rotatable bonds is 2. The van der Waals surface area contributed by atoms with Gasteiger partial charge in [-0.25, -0.2) is 4.99 Å². The topological polar surface area (TPSA) is 22.1 Å². The van der Waals surface area contributed by atoms with Gasteiger partial charge < -0.3 is 4.90 Å². The van der Waals surface area contributed by atoms with Gasteiger partial charge in [0.1, 0.15) is 0 Å². The molecular formula is C12H24N4. The van der Waals surface area contributed by atoms with Gasteiger partial charge in [-0.3, -0.25) is 9.80 Å². The fourth-order valence-electron chi connectivity index (χ4n) is 2.78. The first kappa shape index (κ1) is 11.9. The van der Waals surface area contributed by atoms with Crippen molar-refractivity contribution in [2.24, 2.45) is 4.99 Å². The Morgan fingerprint density at radius 1 is 1.19 bits per heavy atom. The zero-order valence-corrected chi connectivity index (χ0v) is 10.8. The average Bonchev–Trinajstić information content (AvgIpc) is 2.29. The van der Waals surface area contributed by atoms with Gasteiger partial charge in [0, 0.05) is 6.04 Å². The summed E-state index contributed by atoms with van der Waals surface area (Å²) in [6.07, 6.45) is 9.14. The minimum Gasteiger partial charge on any atom is -0.347 e. The van der Waals surface area contributed by atoms with E-state index in [1.807, 2.05) is 0 Å². The highest BCUT2D eigenvalue weighted by Crippen LogP contribution is 2.23. The maximum atomic E-state index is 4.62. The van der Waals surface area contributed by atoms with Gasteiger partial charge in [-0.15, -0.1) is 0 Å². The van der Waals surface area contributed by atoms with Crippen molar-refractivity contribution >= 4 is 6.34 Å². The van der Waals surface area contributed by atoms with Crippen molar-refractivity contribution in [1.82, 2.24) is 14.7 Å². The van der Waals surface area contributed by atoms with Gasteiger partial charge in [0.15, 0.2) is 6.29 Å². The molecule has 0 aromatic carbocycles. The second-order valence-corrected chi connectivity index (χ2v) is 5.28. The van der Waals surface area contributed by atoms with E-state index in [-0.39, 0.29) is 6.29 Å². The lowest BCUT2D eigenvalue weighted by Crippen LogP contribution is -2.53. The van der Waals surface area contributed by atoms with E-state index in [4.69, 9.17) is 0 Å². The molecule has 4 heteroatoms. The van der Waals surface area contributed by atoms with E-state index < -0.39 is 0 Å². The van der Waals surface area contributed by atoms with Gasteiger partial charge in [0.2, 0.25) is 0 Å². The van der Waals surface area contributed by atoms with E-state index in [2.05, 4.69) is 47.2 Å². The Balaban J connectivity index is 1.96. The van der Waals surface area contributed by atoms with Crippen molar-refractivity contribution in [1.29, 1.82) is 0 Å². The van der Waals surface area contributed by atoms with Crippen LogP contribution in [0.2, 0.25) is 0 Å². The van der Waals surface area contributed by atoms with Gasteiger partial charge in [-0.05, 0) is 34.0 Å². The summed E-state index contributed by atoms with van der Waals surface area (Å²) >= 11 is 0. The zero-order valence-electron chi connectivity index (χ0n) is 10.8. The Morgan fingerprint density at radius 2 is 1.88 bits per heavy atom. The van der Waals surface area contributed by atoms with E-state index >= 15 is 0 Å². The molecule has 1 unspecified atom stereocenters. The van der Waals surface area contributed by atoms with E-state index in [1.165, 1.54) is 32.1 Å².